The second-order valence-electron chi connectivity index (χ2n) is 11.4. The molecule has 0 aromatic heterocycles. The molecule has 2 aliphatic heterocycles. The third kappa shape index (κ3) is 11.4. The predicted molar refractivity (Wildman–Crippen MR) is 182 cm³/mol. The Bertz CT molecular complexity index is 1290. The molecule has 2 aliphatic rings. The van der Waals surface area contributed by atoms with Crippen molar-refractivity contribution >= 4 is 36.4 Å². The number of hydrogen-bond acceptors (Lipinski definition) is 8. The lowest BCUT2D eigenvalue weighted by atomic mass is 10.1. The minimum Gasteiger partial charge on any atom is -0.494 e. The molecule has 1 saturated heterocycles. The van der Waals surface area contributed by atoms with Gasteiger partial charge >= 0.3 is 0 Å². The molecule has 0 radical (unpaired) electrons. The highest BCUT2D eigenvalue weighted by atomic mass is 35.5. The second kappa shape index (κ2) is 18.6. The Hall–Kier alpha value is -3.14. The van der Waals surface area contributed by atoms with E-state index >= 15 is 0 Å². The van der Waals surface area contributed by atoms with Gasteiger partial charge in [0.05, 0.1) is 13.2 Å². The highest BCUT2D eigenvalue weighted by Crippen LogP contribution is 2.17. The van der Waals surface area contributed by atoms with Gasteiger partial charge in [0, 0.05) is 25.2 Å². The van der Waals surface area contributed by atoms with E-state index in [-0.39, 0.29) is 37.1 Å². The summed E-state index contributed by atoms with van der Waals surface area (Å²) >= 11 is 0. The van der Waals surface area contributed by atoms with Crippen LogP contribution in [0.1, 0.15) is 54.9 Å². The number of likely N-dealkylation sites (tertiary alicyclic amines) is 1. The predicted octanol–water partition coefficient (Wildman–Crippen LogP) is 5.61. The summed E-state index contributed by atoms with van der Waals surface area (Å²) in [6, 6.07) is 27.8. The van der Waals surface area contributed by atoms with Gasteiger partial charge in [-0.3, -0.25) is 20.0 Å². The fourth-order valence-electron chi connectivity index (χ4n) is 5.46. The molecule has 2 N–H and O–H groups in total. The van der Waals surface area contributed by atoms with Crippen LogP contribution in [0.3, 0.4) is 0 Å². The number of Topliss-reactive ketones (excluding diaryl/α,β-unsaturated/α-hetero) is 1. The van der Waals surface area contributed by atoms with Crippen molar-refractivity contribution in [2.75, 3.05) is 39.3 Å². The Morgan fingerprint density at radius 2 is 1.57 bits per heavy atom. The van der Waals surface area contributed by atoms with Gasteiger partial charge in [-0.1, -0.05) is 66.7 Å². The molecule has 1 fully saturated rings. The van der Waals surface area contributed by atoms with Crippen molar-refractivity contribution in [3.63, 3.8) is 0 Å². The van der Waals surface area contributed by atoms with Crippen LogP contribution in [0.25, 0.3) is 0 Å². The van der Waals surface area contributed by atoms with Crippen LogP contribution in [0, 0.1) is 0 Å². The Balaban J connectivity index is 0.00000264. The number of carbonyl (C=O) groups is 1. The fourth-order valence-corrected chi connectivity index (χ4v) is 5.46. The Morgan fingerprint density at radius 1 is 0.864 bits per heavy atom. The molecule has 5 rings (SSSR count). The number of unbranched alkanes of at least 4 members (excludes halogenated alkanes) is 1. The molecule has 44 heavy (non-hydrogen) atoms. The summed E-state index contributed by atoms with van der Waals surface area (Å²) in [7, 11) is 0. The first kappa shape index (κ1) is 35.3. The molecule has 0 atom stereocenters. The van der Waals surface area contributed by atoms with E-state index in [0.29, 0.717) is 5.84 Å². The maximum Gasteiger partial charge on any atom is 0.170 e. The standard InChI is InChI=1S/C34H44N6O2.2ClH/c1-28(41)25-40-36-34(35-37-40)32-15-11-30(12-16-32)27-39(23-19-29-9-3-2-4-10-29)22-7-8-24-42-33-17-13-31(14-18-33)26-38-20-5-6-21-38;;/h2-4,9-18,37H,5-8,19-27H2,1H3,(H,35,36);2*1H. The average molecular weight is 642 g/mol. The molecule has 0 saturated carbocycles. The molecule has 0 bridgehead atoms. The first-order chi connectivity index (χ1) is 20.6. The molecule has 0 unspecified atom stereocenters. The number of ether oxygens (including phenoxy) is 1. The number of nitrogens with one attached hydrogen (secondary N) is 2. The molecular formula is C34H46Cl2N6O2. The lowest BCUT2D eigenvalue weighted by molar-refractivity contribution is -0.119. The maximum atomic E-state index is 11.4. The second-order valence-corrected chi connectivity index (χ2v) is 11.4. The third-order valence-corrected chi connectivity index (χ3v) is 7.76. The van der Waals surface area contributed by atoms with Gasteiger partial charge in [-0.25, -0.2) is 5.53 Å². The van der Waals surface area contributed by atoms with Crippen molar-refractivity contribution in [1.29, 1.82) is 0 Å². The van der Waals surface area contributed by atoms with E-state index in [1.165, 1.54) is 42.6 Å². The van der Waals surface area contributed by atoms with E-state index in [4.69, 9.17) is 4.74 Å². The number of rotatable bonds is 16. The van der Waals surface area contributed by atoms with Crippen LogP contribution < -0.4 is 15.7 Å². The van der Waals surface area contributed by atoms with E-state index < -0.39 is 0 Å². The molecule has 3 aromatic carbocycles. The normalized spacial score (nSPS) is 14.7. The van der Waals surface area contributed by atoms with E-state index in [9.17, 15) is 4.79 Å². The van der Waals surface area contributed by atoms with E-state index in [1.54, 1.807) is 12.0 Å². The molecule has 2 heterocycles. The number of ketones is 1. The van der Waals surface area contributed by atoms with Crippen LogP contribution >= 0.6 is 24.8 Å². The molecule has 0 spiro atoms. The number of nitrogens with zero attached hydrogens (tertiary/aromatic N) is 4. The minimum absolute atomic E-state index is 0. The smallest absolute Gasteiger partial charge is 0.170 e. The zero-order valence-corrected chi connectivity index (χ0v) is 27.3. The third-order valence-electron chi connectivity index (χ3n) is 7.76. The first-order valence-electron chi connectivity index (χ1n) is 15.3. The molecule has 0 aliphatic carbocycles. The van der Waals surface area contributed by atoms with E-state index in [1.807, 2.05) is 0 Å². The monoisotopic (exact) mass is 640 g/mol. The van der Waals surface area contributed by atoms with Crippen molar-refractivity contribution in [2.45, 2.75) is 52.1 Å². The molecule has 10 heteroatoms. The van der Waals surface area contributed by atoms with Crippen molar-refractivity contribution in [1.82, 2.24) is 25.9 Å². The summed E-state index contributed by atoms with van der Waals surface area (Å²) in [6.45, 7) is 8.94. The average Bonchev–Trinajstić information content (AvgIpc) is 3.69. The summed E-state index contributed by atoms with van der Waals surface area (Å²) in [5, 5.41) is 5.89. The summed E-state index contributed by atoms with van der Waals surface area (Å²) in [4.78, 5) is 16.4. The Kier molecular flexibility index (Phi) is 15.0. The molecule has 3 aromatic rings. The topological polar surface area (TPSA) is 72.4 Å². The van der Waals surface area contributed by atoms with Gasteiger partial charge in [0.2, 0.25) is 0 Å². The quantitative estimate of drug-likeness (QED) is 0.197. The van der Waals surface area contributed by atoms with Crippen LogP contribution in [0.4, 0.5) is 0 Å². The zero-order chi connectivity index (χ0) is 29.0. The van der Waals surface area contributed by atoms with Gasteiger partial charge < -0.3 is 4.74 Å². The Labute approximate surface area is 274 Å². The largest absolute Gasteiger partial charge is 0.494 e. The number of hydrazine groups is 2. The summed E-state index contributed by atoms with van der Waals surface area (Å²) < 4.78 is 6.07. The van der Waals surface area contributed by atoms with Gasteiger partial charge in [0.25, 0.3) is 0 Å². The van der Waals surface area contributed by atoms with Crippen LogP contribution in [0.2, 0.25) is 0 Å². The summed E-state index contributed by atoms with van der Waals surface area (Å²) in [5.74, 6) is 1.73. The number of hydrogen-bond donors (Lipinski definition) is 2. The fraction of sp³-hybridized carbons (Fsp3) is 0.412. The first-order valence-corrected chi connectivity index (χ1v) is 15.3. The lowest BCUT2D eigenvalue weighted by Gasteiger charge is -2.23. The number of amidine groups is 1. The van der Waals surface area contributed by atoms with Crippen molar-refractivity contribution in [2.24, 2.45) is 5.10 Å². The van der Waals surface area contributed by atoms with Gasteiger partial charge in [-0.05, 0) is 87.5 Å². The van der Waals surface area contributed by atoms with Gasteiger partial charge in [-0.15, -0.1) is 35.0 Å². The Morgan fingerprint density at radius 3 is 2.27 bits per heavy atom. The highest BCUT2D eigenvalue weighted by Gasteiger charge is 2.17. The van der Waals surface area contributed by atoms with Gasteiger partial charge in [0.1, 0.15) is 11.5 Å². The number of halogens is 2. The summed E-state index contributed by atoms with van der Waals surface area (Å²) in [5.41, 5.74) is 11.0. The van der Waals surface area contributed by atoms with Crippen molar-refractivity contribution < 1.29 is 9.53 Å². The van der Waals surface area contributed by atoms with E-state index in [0.717, 1.165) is 63.4 Å². The van der Waals surface area contributed by atoms with Crippen LogP contribution in [-0.4, -0.2) is 65.9 Å². The van der Waals surface area contributed by atoms with Crippen LogP contribution in [0.15, 0.2) is 84.0 Å². The van der Waals surface area contributed by atoms with Crippen LogP contribution in [-0.2, 0) is 24.3 Å². The zero-order valence-electron chi connectivity index (χ0n) is 25.6. The molecule has 8 nitrogen and oxygen atoms in total. The van der Waals surface area contributed by atoms with E-state index in [2.05, 4.69) is 105 Å². The maximum absolute atomic E-state index is 11.4. The summed E-state index contributed by atoms with van der Waals surface area (Å²) in [6.07, 6.45) is 5.78. The highest BCUT2D eigenvalue weighted by molar-refractivity contribution is 5.99. The van der Waals surface area contributed by atoms with Gasteiger partial charge in [-0.2, -0.15) is 0 Å². The number of benzene rings is 3. The number of carbonyl (C=O) groups excluding carboxylic acids is 1. The molecule has 238 valence electrons. The lowest BCUT2D eigenvalue weighted by Crippen LogP contribution is -2.44. The molecule has 0 amide bonds. The van der Waals surface area contributed by atoms with Crippen molar-refractivity contribution in [3.05, 3.63) is 101 Å². The SMILES string of the molecule is CC(=O)CN1NN=C(c2ccc(CN(CCCCOc3ccc(CN4CCCC4)cc3)CCc3ccccc3)cc2)N1.Cl.Cl. The van der Waals surface area contributed by atoms with Crippen LogP contribution in [0.5, 0.6) is 5.75 Å². The number of hydrazone groups is 1. The van der Waals surface area contributed by atoms with Gasteiger partial charge in [0.15, 0.2) is 5.84 Å². The minimum atomic E-state index is 0. The molecular weight excluding hydrogens is 595 g/mol. The van der Waals surface area contributed by atoms with Crippen molar-refractivity contribution in [3.8, 4) is 5.75 Å².